The molecule has 8 atom stereocenters. The average molecular weight is 708 g/mol. The summed E-state index contributed by atoms with van der Waals surface area (Å²) in [4.78, 5) is 59.5. The van der Waals surface area contributed by atoms with Crippen LogP contribution in [0.4, 0.5) is 5.69 Å². The normalized spacial score (nSPS) is 25.4. The Kier molecular flexibility index (Phi) is 11.8. The summed E-state index contributed by atoms with van der Waals surface area (Å²) in [5.41, 5.74) is 0.506. The fourth-order valence-electron chi connectivity index (χ4n) is 7.86. The summed E-state index contributed by atoms with van der Waals surface area (Å²) in [6, 6.07) is 11.7. The van der Waals surface area contributed by atoms with E-state index in [1.807, 2.05) is 19.1 Å². The van der Waals surface area contributed by atoms with E-state index >= 15 is 0 Å². The maximum absolute atomic E-state index is 14.8. The first-order valence-corrected chi connectivity index (χ1v) is 17.3. The maximum Gasteiger partial charge on any atom is 0.313 e. The van der Waals surface area contributed by atoms with Gasteiger partial charge in [-0.15, -0.1) is 13.2 Å². The number of aryl methyl sites for hydroxylation is 1. The molecule has 2 bridgehead atoms. The van der Waals surface area contributed by atoms with Crippen LogP contribution in [0.3, 0.4) is 0 Å². The zero-order chi connectivity index (χ0) is 36.2. The number of hydrogen-bond donors (Lipinski definition) is 2. The lowest BCUT2D eigenvalue weighted by Crippen LogP contribution is -2.58. The van der Waals surface area contributed by atoms with E-state index < -0.39 is 72.2 Å². The second kappa shape index (κ2) is 15.9. The van der Waals surface area contributed by atoms with Crippen LogP contribution >= 0.6 is 11.6 Å². The van der Waals surface area contributed by atoms with Crippen LogP contribution in [0.2, 0.25) is 5.02 Å². The van der Waals surface area contributed by atoms with Gasteiger partial charge in [0.25, 0.3) is 5.91 Å². The molecule has 0 unspecified atom stereocenters. The number of hydrogen-bond acceptors (Lipinski definition) is 8. The molecule has 11 nitrogen and oxygen atoms in total. The van der Waals surface area contributed by atoms with Crippen molar-refractivity contribution in [2.75, 3.05) is 31.8 Å². The standard InChI is InChI=1S/C38H46ClN3O8/c1-6-8-17-29(44)40-27(22-48-5)33(25-14-10-9-11-15-25)49-37(47)30-28-18-19-38(50-28)31(30)35(45)42(24(4)21-43)34(38)36(46)41(20-7-2)32-23(3)13-12-16-26(32)39/h6-7,9-16,24,27-28,30-31,33-34,43H,1-2,8,17-22H2,3-5H3,(H,40,44)/t24-,27-,28+,30-,31-,33-,34+,38-/m1/s1. The third-order valence-electron chi connectivity index (χ3n) is 10.0. The summed E-state index contributed by atoms with van der Waals surface area (Å²) < 4.78 is 18.3. The number of fused-ring (bicyclic) bond motifs is 1. The van der Waals surface area contributed by atoms with Gasteiger partial charge in [-0.1, -0.05) is 66.2 Å². The van der Waals surface area contributed by atoms with E-state index in [4.69, 9.17) is 25.8 Å². The minimum Gasteiger partial charge on any atom is -0.455 e. The second-order valence-corrected chi connectivity index (χ2v) is 13.6. The molecule has 1 spiro atoms. The molecule has 3 saturated heterocycles. The van der Waals surface area contributed by atoms with Gasteiger partial charge in [0.05, 0.1) is 53.9 Å². The number of amides is 3. The van der Waals surface area contributed by atoms with Crippen molar-refractivity contribution in [1.82, 2.24) is 10.2 Å². The van der Waals surface area contributed by atoms with E-state index in [-0.39, 0.29) is 25.5 Å². The van der Waals surface area contributed by atoms with Gasteiger partial charge in [-0.3, -0.25) is 19.2 Å². The average Bonchev–Trinajstić information content (AvgIpc) is 3.76. The molecular weight excluding hydrogens is 662 g/mol. The molecule has 50 heavy (non-hydrogen) atoms. The van der Waals surface area contributed by atoms with Gasteiger partial charge in [0.15, 0.2) is 0 Å². The third-order valence-corrected chi connectivity index (χ3v) is 10.3. The van der Waals surface area contributed by atoms with Gasteiger partial charge in [-0.05, 0) is 50.3 Å². The van der Waals surface area contributed by atoms with Crippen LogP contribution < -0.4 is 10.2 Å². The first-order valence-electron chi connectivity index (χ1n) is 17.0. The summed E-state index contributed by atoms with van der Waals surface area (Å²) in [7, 11) is 1.49. The zero-order valence-electron chi connectivity index (χ0n) is 28.8. The van der Waals surface area contributed by atoms with Crippen molar-refractivity contribution in [3.63, 3.8) is 0 Å². The van der Waals surface area contributed by atoms with Crippen LogP contribution in [0.1, 0.15) is 49.8 Å². The molecule has 2 aromatic rings. The van der Waals surface area contributed by atoms with Crippen molar-refractivity contribution in [2.24, 2.45) is 11.8 Å². The number of halogens is 1. The Bertz CT molecular complexity index is 1580. The van der Waals surface area contributed by atoms with Crippen LogP contribution in [0.5, 0.6) is 0 Å². The number of aliphatic hydroxyl groups excluding tert-OH is 1. The summed E-state index contributed by atoms with van der Waals surface area (Å²) in [5.74, 6) is -3.94. The van der Waals surface area contributed by atoms with Crippen LogP contribution in [-0.2, 0) is 33.4 Å². The minimum absolute atomic E-state index is 0.0442. The summed E-state index contributed by atoms with van der Waals surface area (Å²) in [6.07, 6.45) is 3.01. The smallest absolute Gasteiger partial charge is 0.313 e. The number of methoxy groups -OCH3 is 1. The molecule has 3 heterocycles. The molecule has 268 valence electrons. The number of rotatable bonds is 16. The fraction of sp³-hybridized carbons (Fsp3) is 0.474. The number of para-hydroxylation sites is 1. The van der Waals surface area contributed by atoms with Crippen molar-refractivity contribution >= 4 is 41.0 Å². The number of carbonyl (C=O) groups excluding carboxylic acids is 4. The number of aliphatic hydroxyl groups is 1. The van der Waals surface area contributed by atoms with Crippen molar-refractivity contribution in [2.45, 2.75) is 75.5 Å². The quantitative estimate of drug-likeness (QED) is 0.195. The number of ether oxygens (including phenoxy) is 3. The van der Waals surface area contributed by atoms with E-state index in [0.717, 1.165) is 5.56 Å². The topological polar surface area (TPSA) is 135 Å². The van der Waals surface area contributed by atoms with Crippen LogP contribution in [-0.4, -0.2) is 90.4 Å². The molecule has 3 amide bonds. The first kappa shape index (κ1) is 37.2. The van der Waals surface area contributed by atoms with Gasteiger partial charge < -0.3 is 34.4 Å². The second-order valence-electron chi connectivity index (χ2n) is 13.2. The van der Waals surface area contributed by atoms with Crippen LogP contribution in [0.25, 0.3) is 0 Å². The number of likely N-dealkylation sites (tertiary alicyclic amines) is 1. The van der Waals surface area contributed by atoms with E-state index in [1.165, 1.54) is 16.9 Å². The Morgan fingerprint density at radius 1 is 1.18 bits per heavy atom. The molecule has 3 aliphatic heterocycles. The van der Waals surface area contributed by atoms with E-state index in [9.17, 15) is 24.3 Å². The molecule has 3 aliphatic rings. The lowest BCUT2D eigenvalue weighted by atomic mass is 9.70. The Labute approximate surface area is 298 Å². The highest BCUT2D eigenvalue weighted by atomic mass is 35.5. The SMILES string of the molecule is C=CCCC(=O)N[C@H](COC)[C@H](OC(=O)[C@@H]1[C@@H]2CC[C@]3(O2)[C@H](C(=O)N(CC=C)c2c(C)cccc2Cl)N([C@H](C)CO)C(=O)[C@@H]13)c1ccccc1. The predicted molar refractivity (Wildman–Crippen MR) is 188 cm³/mol. The van der Waals surface area contributed by atoms with Crippen molar-refractivity contribution < 1.29 is 38.5 Å². The van der Waals surface area contributed by atoms with E-state index in [1.54, 1.807) is 55.5 Å². The van der Waals surface area contributed by atoms with Crippen molar-refractivity contribution in [3.8, 4) is 0 Å². The molecule has 0 saturated carbocycles. The Morgan fingerprint density at radius 2 is 1.92 bits per heavy atom. The molecule has 0 aromatic heterocycles. The lowest BCUT2D eigenvalue weighted by molar-refractivity contribution is -0.163. The van der Waals surface area contributed by atoms with E-state index in [0.29, 0.717) is 35.5 Å². The number of esters is 1. The predicted octanol–water partition coefficient (Wildman–Crippen LogP) is 4.30. The first-order chi connectivity index (χ1) is 24.0. The number of nitrogens with one attached hydrogen (secondary N) is 1. The molecule has 2 aromatic carbocycles. The Hall–Kier alpha value is -4.03. The largest absolute Gasteiger partial charge is 0.455 e. The lowest BCUT2D eigenvalue weighted by Gasteiger charge is -2.39. The highest BCUT2D eigenvalue weighted by molar-refractivity contribution is 6.34. The van der Waals surface area contributed by atoms with Gasteiger partial charge in [0, 0.05) is 20.1 Å². The monoisotopic (exact) mass is 707 g/mol. The van der Waals surface area contributed by atoms with E-state index in [2.05, 4.69) is 18.5 Å². The highest BCUT2D eigenvalue weighted by Gasteiger charge is 2.75. The zero-order valence-corrected chi connectivity index (χ0v) is 29.5. The minimum atomic E-state index is -1.35. The molecule has 0 aliphatic carbocycles. The number of anilines is 1. The molecular formula is C38H46ClN3O8. The van der Waals surface area contributed by atoms with Gasteiger partial charge in [-0.2, -0.15) is 0 Å². The summed E-state index contributed by atoms with van der Waals surface area (Å²) in [5, 5.41) is 13.6. The highest BCUT2D eigenvalue weighted by Crippen LogP contribution is 2.59. The van der Waals surface area contributed by atoms with Gasteiger partial charge in [0.1, 0.15) is 17.7 Å². The van der Waals surface area contributed by atoms with Gasteiger partial charge in [0.2, 0.25) is 11.8 Å². The molecule has 2 N–H and O–H groups in total. The molecule has 3 fully saturated rings. The van der Waals surface area contributed by atoms with Crippen molar-refractivity contribution in [3.05, 3.63) is 90.0 Å². The molecule has 5 rings (SSSR count). The summed E-state index contributed by atoms with van der Waals surface area (Å²) >= 11 is 6.64. The Balaban J connectivity index is 1.52. The third kappa shape index (κ3) is 6.84. The number of nitrogens with zero attached hydrogens (tertiary/aromatic N) is 2. The Morgan fingerprint density at radius 3 is 2.56 bits per heavy atom. The van der Waals surface area contributed by atoms with Gasteiger partial charge in [-0.25, -0.2) is 0 Å². The van der Waals surface area contributed by atoms with Crippen molar-refractivity contribution in [1.29, 1.82) is 0 Å². The maximum atomic E-state index is 14.8. The van der Waals surface area contributed by atoms with Gasteiger partial charge >= 0.3 is 5.97 Å². The number of carbonyl (C=O) groups is 4. The molecule has 12 heteroatoms. The van der Waals surface area contributed by atoms with Crippen LogP contribution in [0, 0.1) is 18.8 Å². The molecule has 0 radical (unpaired) electrons. The fourth-order valence-corrected chi connectivity index (χ4v) is 8.18. The number of allylic oxidation sites excluding steroid dienone is 1. The number of benzene rings is 2. The summed E-state index contributed by atoms with van der Waals surface area (Å²) in [6.45, 7) is 10.8. The van der Waals surface area contributed by atoms with Crippen LogP contribution in [0.15, 0.2) is 73.8 Å².